The molecule has 7 heteroatoms. The summed E-state index contributed by atoms with van der Waals surface area (Å²) in [5.74, 6) is 1.30. The predicted octanol–water partition coefficient (Wildman–Crippen LogP) is 4.72. The van der Waals surface area contributed by atoms with E-state index < -0.39 is 0 Å². The lowest BCUT2D eigenvalue weighted by Gasteiger charge is -2.40. The fourth-order valence-corrected chi connectivity index (χ4v) is 4.49. The monoisotopic (exact) mass is 400 g/mol. The number of hydrogen-bond acceptors (Lipinski definition) is 5. The minimum atomic E-state index is -0.300. The molecule has 1 aliphatic heterocycles. The number of Topliss-reactive ketones (excluding diaryl/α,β-unsaturated/α-hetero) is 1. The summed E-state index contributed by atoms with van der Waals surface area (Å²) in [5, 5.41) is 9.37. The lowest BCUT2D eigenvalue weighted by molar-refractivity contribution is -0.125. The number of thioether (sulfide) groups is 1. The second-order valence-electron chi connectivity index (χ2n) is 7.59. The molecule has 0 saturated heterocycles. The minimum Gasteiger partial charge on any atom is -0.328 e. The molecule has 0 saturated carbocycles. The smallest absolute Gasteiger partial charge is 0.227 e. The fourth-order valence-electron chi connectivity index (χ4n) is 3.80. The topological polar surface area (TPSA) is 59.8 Å². The molecule has 0 bridgehead atoms. The molecule has 0 unspecified atom stereocenters. The van der Waals surface area contributed by atoms with E-state index in [1.54, 1.807) is 0 Å². The normalized spacial score (nSPS) is 23.1. The lowest BCUT2D eigenvalue weighted by atomic mass is 9.72. The first-order valence-electron chi connectivity index (χ1n) is 8.86. The molecule has 2 aromatic rings. The van der Waals surface area contributed by atoms with Gasteiger partial charge in [0.05, 0.1) is 12.0 Å². The summed E-state index contributed by atoms with van der Waals surface area (Å²) in [5.41, 5.74) is 1.73. The second kappa shape index (κ2) is 6.84. The number of hydrogen-bond donors (Lipinski definition) is 1. The third-order valence-electron chi connectivity index (χ3n) is 4.85. The molecule has 4 rings (SSSR count). The molecule has 1 aromatic heterocycles. The van der Waals surface area contributed by atoms with Crippen LogP contribution in [0, 0.1) is 11.3 Å². The van der Waals surface area contributed by atoms with Crippen LogP contribution in [0.15, 0.2) is 53.8 Å². The number of carbonyl (C=O) groups excluding carboxylic acids is 1. The molecule has 1 aromatic carbocycles. The summed E-state index contributed by atoms with van der Waals surface area (Å²) < 4.78 is 1.84. The van der Waals surface area contributed by atoms with Crippen molar-refractivity contribution in [3.05, 3.63) is 59.3 Å². The summed E-state index contributed by atoms with van der Waals surface area (Å²) in [6, 6.07) is 7.39. The molecule has 140 valence electrons. The van der Waals surface area contributed by atoms with Crippen molar-refractivity contribution in [1.29, 1.82) is 0 Å². The maximum atomic E-state index is 13.1. The molecule has 0 fully saturated rings. The highest BCUT2D eigenvalue weighted by molar-refractivity contribution is 7.99. The number of rotatable bonds is 4. The number of allylic oxidation sites excluding steroid dienone is 2. The maximum absolute atomic E-state index is 13.1. The Morgan fingerprint density at radius 1 is 1.41 bits per heavy atom. The Balaban J connectivity index is 1.85. The molecule has 0 radical (unpaired) electrons. The molecule has 1 N–H and O–H groups in total. The van der Waals surface area contributed by atoms with Gasteiger partial charge in [0.1, 0.15) is 5.78 Å². The number of nitrogens with one attached hydrogen (secondary N) is 1. The van der Waals surface area contributed by atoms with Crippen LogP contribution in [-0.4, -0.2) is 26.3 Å². The van der Waals surface area contributed by atoms with E-state index in [0.717, 1.165) is 17.0 Å². The standard InChI is InChI=1S/C20H21ClN4OS/c1-4-9-27-19-23-18-22-14-10-20(2,3)11-15(26)16(14)17(25(18)24-19)12-5-7-13(21)8-6-12/h4-8,10,16-17H,1,9,11H2,2-3H3,(H,22,23,24)/t16-,17-/m1/s1. The van der Waals surface area contributed by atoms with E-state index >= 15 is 0 Å². The van der Waals surface area contributed by atoms with Crippen molar-refractivity contribution in [3.8, 4) is 0 Å². The van der Waals surface area contributed by atoms with Gasteiger partial charge in [-0.3, -0.25) is 4.79 Å². The van der Waals surface area contributed by atoms with Gasteiger partial charge in [0.15, 0.2) is 0 Å². The molecule has 27 heavy (non-hydrogen) atoms. The van der Waals surface area contributed by atoms with Crippen LogP contribution < -0.4 is 5.32 Å². The van der Waals surface area contributed by atoms with Gasteiger partial charge in [-0.1, -0.05) is 61.5 Å². The van der Waals surface area contributed by atoms with Gasteiger partial charge in [0.2, 0.25) is 11.1 Å². The number of aromatic nitrogens is 3. The molecule has 1 aliphatic carbocycles. The van der Waals surface area contributed by atoms with Crippen LogP contribution in [0.2, 0.25) is 5.02 Å². The van der Waals surface area contributed by atoms with Crippen molar-refractivity contribution in [2.45, 2.75) is 31.5 Å². The Kier molecular flexibility index (Phi) is 4.64. The molecule has 2 atom stereocenters. The van der Waals surface area contributed by atoms with Crippen LogP contribution in [0.3, 0.4) is 0 Å². The molecule has 0 spiro atoms. The van der Waals surface area contributed by atoms with Crippen LogP contribution in [0.4, 0.5) is 5.95 Å². The Labute approximate surface area is 167 Å². The molecule has 5 nitrogen and oxygen atoms in total. The summed E-state index contributed by atoms with van der Waals surface area (Å²) in [6.45, 7) is 7.91. The average molecular weight is 401 g/mol. The summed E-state index contributed by atoms with van der Waals surface area (Å²) in [4.78, 5) is 17.7. The summed E-state index contributed by atoms with van der Waals surface area (Å²) in [6.07, 6.45) is 4.49. The number of halogens is 1. The average Bonchev–Trinajstić information content (AvgIpc) is 3.00. The minimum absolute atomic E-state index is 0.178. The number of carbonyl (C=O) groups is 1. The second-order valence-corrected chi connectivity index (χ2v) is 9.02. The zero-order chi connectivity index (χ0) is 19.2. The van der Waals surface area contributed by atoms with E-state index in [0.29, 0.717) is 22.5 Å². The zero-order valence-electron chi connectivity index (χ0n) is 15.3. The Morgan fingerprint density at radius 2 is 2.15 bits per heavy atom. The van der Waals surface area contributed by atoms with Crippen molar-refractivity contribution in [2.75, 3.05) is 11.1 Å². The Hall–Kier alpha value is -2.05. The van der Waals surface area contributed by atoms with Crippen molar-refractivity contribution >= 4 is 35.1 Å². The van der Waals surface area contributed by atoms with E-state index in [2.05, 4.69) is 41.9 Å². The van der Waals surface area contributed by atoms with E-state index in [9.17, 15) is 4.79 Å². The first-order valence-corrected chi connectivity index (χ1v) is 10.2. The third kappa shape index (κ3) is 3.44. The largest absolute Gasteiger partial charge is 0.328 e. The van der Waals surface area contributed by atoms with Crippen molar-refractivity contribution in [3.63, 3.8) is 0 Å². The van der Waals surface area contributed by atoms with Gasteiger partial charge < -0.3 is 5.32 Å². The highest BCUT2D eigenvalue weighted by Crippen LogP contribution is 2.45. The number of nitrogens with zero attached hydrogens (tertiary/aromatic N) is 3. The Bertz CT molecular complexity index is 932. The predicted molar refractivity (Wildman–Crippen MR) is 109 cm³/mol. The molecule has 2 heterocycles. The number of ketones is 1. The molecule has 0 amide bonds. The van der Waals surface area contributed by atoms with Gasteiger partial charge in [-0.05, 0) is 23.1 Å². The van der Waals surface area contributed by atoms with Crippen molar-refractivity contribution < 1.29 is 4.79 Å². The van der Waals surface area contributed by atoms with Crippen LogP contribution in [0.25, 0.3) is 0 Å². The zero-order valence-corrected chi connectivity index (χ0v) is 16.8. The first kappa shape index (κ1) is 18.3. The quantitative estimate of drug-likeness (QED) is 0.594. The molecular weight excluding hydrogens is 380 g/mol. The van der Waals surface area contributed by atoms with Crippen molar-refractivity contribution in [2.24, 2.45) is 11.3 Å². The fraction of sp³-hybridized carbons (Fsp3) is 0.350. The van der Waals surface area contributed by atoms with Crippen LogP contribution in [0.1, 0.15) is 31.9 Å². The van der Waals surface area contributed by atoms with Gasteiger partial charge in [-0.15, -0.1) is 11.7 Å². The highest BCUT2D eigenvalue weighted by atomic mass is 35.5. The lowest BCUT2D eigenvalue weighted by Crippen LogP contribution is -2.42. The van der Waals surface area contributed by atoms with Gasteiger partial charge in [0.25, 0.3) is 0 Å². The highest BCUT2D eigenvalue weighted by Gasteiger charge is 2.45. The van der Waals surface area contributed by atoms with Crippen LogP contribution in [-0.2, 0) is 4.79 Å². The van der Waals surface area contributed by atoms with E-state index in [1.807, 2.05) is 35.0 Å². The van der Waals surface area contributed by atoms with E-state index in [1.165, 1.54) is 11.8 Å². The van der Waals surface area contributed by atoms with Crippen molar-refractivity contribution in [1.82, 2.24) is 14.8 Å². The van der Waals surface area contributed by atoms with E-state index in [4.69, 9.17) is 11.6 Å². The summed E-state index contributed by atoms with van der Waals surface area (Å²) >= 11 is 7.60. The summed E-state index contributed by atoms with van der Waals surface area (Å²) in [7, 11) is 0. The van der Waals surface area contributed by atoms with Gasteiger partial charge in [-0.2, -0.15) is 4.98 Å². The van der Waals surface area contributed by atoms with Gasteiger partial charge >= 0.3 is 0 Å². The first-order chi connectivity index (χ1) is 12.9. The number of fused-ring (bicyclic) bond motifs is 2. The van der Waals surface area contributed by atoms with Gasteiger partial charge in [-0.25, -0.2) is 4.68 Å². The SMILES string of the molecule is C=CCSc1nc2n(n1)[C@H](c1ccc(Cl)cc1)[C@H]1C(=O)CC(C)(C)C=C1N2. The third-order valence-corrected chi connectivity index (χ3v) is 5.93. The molecule has 2 aliphatic rings. The Morgan fingerprint density at radius 3 is 2.85 bits per heavy atom. The number of benzene rings is 1. The number of anilines is 1. The van der Waals surface area contributed by atoms with Crippen LogP contribution in [0.5, 0.6) is 0 Å². The maximum Gasteiger partial charge on any atom is 0.227 e. The van der Waals surface area contributed by atoms with Gasteiger partial charge in [0, 0.05) is 22.9 Å². The molecular formula is C20H21ClN4OS. The van der Waals surface area contributed by atoms with E-state index in [-0.39, 0.29) is 23.2 Å². The van der Waals surface area contributed by atoms with Crippen LogP contribution >= 0.6 is 23.4 Å².